The number of urea groups is 1. The second kappa shape index (κ2) is 10.2. The Kier molecular flexibility index (Phi) is 7.42. The van der Waals surface area contributed by atoms with E-state index in [0.29, 0.717) is 12.3 Å². The van der Waals surface area contributed by atoms with E-state index in [1.165, 1.54) is 7.11 Å². The SMILES string of the molecule is COc1ccccc1CN1C(=O)NC(CC(=O)NCCCN2CCOCC2)C1=O. The van der Waals surface area contributed by atoms with Gasteiger partial charge in [-0.3, -0.25) is 19.4 Å². The Morgan fingerprint density at radius 3 is 2.79 bits per heavy atom. The van der Waals surface area contributed by atoms with Crippen molar-refractivity contribution in [3.8, 4) is 5.75 Å². The number of hydrogen-bond donors (Lipinski definition) is 2. The minimum absolute atomic E-state index is 0.0649. The van der Waals surface area contributed by atoms with Gasteiger partial charge in [0, 0.05) is 25.2 Å². The van der Waals surface area contributed by atoms with Gasteiger partial charge in [0.1, 0.15) is 11.8 Å². The summed E-state index contributed by atoms with van der Waals surface area (Å²) in [5.74, 6) is -0.0382. The summed E-state index contributed by atoms with van der Waals surface area (Å²) in [5, 5.41) is 5.43. The van der Waals surface area contributed by atoms with Crippen molar-refractivity contribution in [3.05, 3.63) is 29.8 Å². The van der Waals surface area contributed by atoms with Crippen molar-refractivity contribution in [1.29, 1.82) is 0 Å². The van der Waals surface area contributed by atoms with Crippen LogP contribution >= 0.6 is 0 Å². The number of morpholine rings is 1. The van der Waals surface area contributed by atoms with Crippen molar-refractivity contribution in [1.82, 2.24) is 20.4 Å². The number of imide groups is 1. The van der Waals surface area contributed by atoms with Gasteiger partial charge in [0.05, 0.1) is 33.3 Å². The Hall–Kier alpha value is -2.65. The fourth-order valence-electron chi connectivity index (χ4n) is 3.48. The molecule has 0 bridgehead atoms. The second-order valence-corrected chi connectivity index (χ2v) is 7.10. The van der Waals surface area contributed by atoms with Crippen LogP contribution in [0.25, 0.3) is 0 Å². The number of rotatable bonds is 9. The van der Waals surface area contributed by atoms with Crippen LogP contribution in [-0.2, 0) is 20.9 Å². The maximum absolute atomic E-state index is 12.6. The minimum atomic E-state index is -0.837. The van der Waals surface area contributed by atoms with Crippen molar-refractivity contribution < 1.29 is 23.9 Å². The molecule has 0 spiro atoms. The van der Waals surface area contributed by atoms with Crippen LogP contribution in [-0.4, -0.2) is 80.2 Å². The van der Waals surface area contributed by atoms with Gasteiger partial charge in [-0.15, -0.1) is 0 Å². The fraction of sp³-hybridized carbons (Fsp3) is 0.550. The van der Waals surface area contributed by atoms with E-state index in [-0.39, 0.29) is 18.9 Å². The third kappa shape index (κ3) is 5.68. The maximum atomic E-state index is 12.6. The highest BCUT2D eigenvalue weighted by Gasteiger charge is 2.39. The number of amides is 4. The number of carbonyl (C=O) groups excluding carboxylic acids is 3. The number of carbonyl (C=O) groups is 3. The van der Waals surface area contributed by atoms with Crippen LogP contribution < -0.4 is 15.4 Å². The molecule has 0 aromatic heterocycles. The van der Waals surface area contributed by atoms with Crippen molar-refractivity contribution in [2.24, 2.45) is 0 Å². The average molecular weight is 404 g/mol. The van der Waals surface area contributed by atoms with Crippen LogP contribution in [0, 0.1) is 0 Å². The van der Waals surface area contributed by atoms with Crippen molar-refractivity contribution in [2.75, 3.05) is 46.5 Å². The monoisotopic (exact) mass is 404 g/mol. The van der Waals surface area contributed by atoms with Crippen LogP contribution in [0.3, 0.4) is 0 Å². The number of methoxy groups -OCH3 is 1. The summed E-state index contributed by atoms with van der Waals surface area (Å²) < 4.78 is 10.6. The van der Waals surface area contributed by atoms with Crippen molar-refractivity contribution in [2.45, 2.75) is 25.4 Å². The van der Waals surface area contributed by atoms with Gasteiger partial charge in [0.2, 0.25) is 5.91 Å². The predicted octanol–water partition coefficient (Wildman–Crippen LogP) is 0.344. The number of nitrogens with one attached hydrogen (secondary N) is 2. The Morgan fingerprint density at radius 2 is 2.03 bits per heavy atom. The highest BCUT2D eigenvalue weighted by atomic mass is 16.5. The summed E-state index contributed by atoms with van der Waals surface area (Å²) in [6.45, 7) is 4.87. The van der Waals surface area contributed by atoms with Gasteiger partial charge >= 0.3 is 6.03 Å². The first-order chi connectivity index (χ1) is 14.1. The Bertz CT molecular complexity index is 735. The van der Waals surface area contributed by atoms with Crippen LogP contribution in [0.5, 0.6) is 5.75 Å². The molecule has 3 rings (SSSR count). The number of hydrogen-bond acceptors (Lipinski definition) is 6. The topological polar surface area (TPSA) is 100 Å². The summed E-state index contributed by atoms with van der Waals surface area (Å²) in [4.78, 5) is 40.4. The maximum Gasteiger partial charge on any atom is 0.325 e. The summed E-state index contributed by atoms with van der Waals surface area (Å²) in [5.41, 5.74) is 0.728. The quantitative estimate of drug-likeness (QED) is 0.455. The molecule has 2 saturated heterocycles. The Labute approximate surface area is 170 Å². The van der Waals surface area contributed by atoms with Gasteiger partial charge in [0.25, 0.3) is 5.91 Å². The molecule has 1 atom stereocenters. The number of nitrogens with zero attached hydrogens (tertiary/aromatic N) is 2. The predicted molar refractivity (Wildman–Crippen MR) is 105 cm³/mol. The van der Waals surface area contributed by atoms with Gasteiger partial charge in [0.15, 0.2) is 0 Å². The zero-order chi connectivity index (χ0) is 20.6. The third-order valence-corrected chi connectivity index (χ3v) is 5.09. The summed E-state index contributed by atoms with van der Waals surface area (Å²) >= 11 is 0. The lowest BCUT2D eigenvalue weighted by Crippen LogP contribution is -2.39. The van der Waals surface area contributed by atoms with Crippen molar-refractivity contribution >= 4 is 17.8 Å². The van der Waals surface area contributed by atoms with Gasteiger partial charge in [-0.25, -0.2) is 4.79 Å². The van der Waals surface area contributed by atoms with Gasteiger partial charge in [-0.2, -0.15) is 0 Å². The van der Waals surface area contributed by atoms with E-state index in [1.54, 1.807) is 12.1 Å². The Balaban J connectivity index is 1.43. The van der Waals surface area contributed by atoms with E-state index in [2.05, 4.69) is 15.5 Å². The number of para-hydroxylation sites is 1. The van der Waals surface area contributed by atoms with Crippen LogP contribution in [0.15, 0.2) is 24.3 Å². The lowest BCUT2D eigenvalue weighted by atomic mass is 10.1. The standard InChI is InChI=1S/C20H28N4O5/c1-28-17-6-3-2-5-15(17)14-24-19(26)16(22-20(24)27)13-18(25)21-7-4-8-23-9-11-29-12-10-23/h2-3,5-6,16H,4,7-14H2,1H3,(H,21,25)(H,22,27). The molecule has 2 fully saturated rings. The molecule has 0 radical (unpaired) electrons. The lowest BCUT2D eigenvalue weighted by Gasteiger charge is -2.26. The molecular weight excluding hydrogens is 376 g/mol. The molecule has 2 aliphatic heterocycles. The first-order valence-electron chi connectivity index (χ1n) is 9.89. The largest absolute Gasteiger partial charge is 0.496 e. The zero-order valence-corrected chi connectivity index (χ0v) is 16.7. The van der Waals surface area contributed by atoms with Gasteiger partial charge in [-0.05, 0) is 19.0 Å². The van der Waals surface area contributed by atoms with E-state index >= 15 is 0 Å². The lowest BCUT2D eigenvalue weighted by molar-refractivity contribution is -0.131. The van der Waals surface area contributed by atoms with E-state index in [9.17, 15) is 14.4 Å². The molecule has 1 aromatic rings. The highest BCUT2D eigenvalue weighted by molar-refractivity contribution is 6.05. The molecule has 9 heteroatoms. The smallest absolute Gasteiger partial charge is 0.325 e. The molecule has 0 saturated carbocycles. The molecule has 158 valence electrons. The first-order valence-corrected chi connectivity index (χ1v) is 9.89. The van der Waals surface area contributed by atoms with E-state index in [1.807, 2.05) is 12.1 Å². The van der Waals surface area contributed by atoms with E-state index < -0.39 is 18.0 Å². The van der Waals surface area contributed by atoms with Gasteiger partial charge < -0.3 is 20.1 Å². The molecule has 2 heterocycles. The average Bonchev–Trinajstić information content (AvgIpc) is 2.99. The molecular formula is C20H28N4O5. The summed E-state index contributed by atoms with van der Waals surface area (Å²) in [6, 6.07) is 5.88. The first kappa shape index (κ1) is 21.1. The molecule has 1 aromatic carbocycles. The number of benzene rings is 1. The van der Waals surface area contributed by atoms with E-state index in [0.717, 1.165) is 49.7 Å². The molecule has 29 heavy (non-hydrogen) atoms. The summed E-state index contributed by atoms with van der Waals surface area (Å²) in [6.07, 6.45) is 0.765. The Morgan fingerprint density at radius 1 is 1.28 bits per heavy atom. The number of ether oxygens (including phenoxy) is 2. The van der Waals surface area contributed by atoms with Crippen LogP contribution in [0.1, 0.15) is 18.4 Å². The molecule has 1 unspecified atom stereocenters. The van der Waals surface area contributed by atoms with E-state index in [4.69, 9.17) is 9.47 Å². The zero-order valence-electron chi connectivity index (χ0n) is 16.7. The molecule has 4 amide bonds. The second-order valence-electron chi connectivity index (χ2n) is 7.10. The fourth-order valence-corrected chi connectivity index (χ4v) is 3.48. The highest BCUT2D eigenvalue weighted by Crippen LogP contribution is 2.21. The van der Waals surface area contributed by atoms with Crippen molar-refractivity contribution in [3.63, 3.8) is 0 Å². The molecule has 2 N–H and O–H groups in total. The summed E-state index contributed by atoms with van der Waals surface area (Å²) in [7, 11) is 1.54. The third-order valence-electron chi connectivity index (χ3n) is 5.09. The van der Waals surface area contributed by atoms with Crippen LogP contribution in [0.2, 0.25) is 0 Å². The van der Waals surface area contributed by atoms with Crippen LogP contribution in [0.4, 0.5) is 4.79 Å². The van der Waals surface area contributed by atoms with Gasteiger partial charge in [-0.1, -0.05) is 18.2 Å². The molecule has 2 aliphatic rings. The molecule has 0 aliphatic carbocycles. The molecule has 9 nitrogen and oxygen atoms in total. The normalized spacial score (nSPS) is 19.9. The minimum Gasteiger partial charge on any atom is -0.496 e.